The van der Waals surface area contributed by atoms with E-state index in [1.807, 2.05) is 12.1 Å². The van der Waals surface area contributed by atoms with Gasteiger partial charge in [0.15, 0.2) is 0 Å². The van der Waals surface area contributed by atoms with Crippen molar-refractivity contribution in [1.82, 2.24) is 5.32 Å². The van der Waals surface area contributed by atoms with Crippen LogP contribution in [-0.2, 0) is 0 Å². The fourth-order valence-corrected chi connectivity index (χ4v) is 2.63. The molecule has 1 heterocycles. The van der Waals surface area contributed by atoms with E-state index < -0.39 is 0 Å². The van der Waals surface area contributed by atoms with Crippen LogP contribution >= 0.6 is 0 Å². The van der Waals surface area contributed by atoms with Gasteiger partial charge < -0.3 is 5.32 Å². The average molecular weight is 230 g/mol. The molecule has 2 amide bonds. The minimum Gasteiger partial charge on any atom is -0.382 e. The first kappa shape index (κ1) is 10.3. The number of hydrogen-bond donors (Lipinski definition) is 2. The van der Waals surface area contributed by atoms with Crippen LogP contribution in [0.15, 0.2) is 18.2 Å². The van der Waals surface area contributed by atoms with E-state index in [0.717, 1.165) is 18.5 Å². The summed E-state index contributed by atoms with van der Waals surface area (Å²) in [5, 5.41) is 5.71. The standard InChI is InChI=1S/C13H14N2O2/c16-12-9-6-3-7-10(11(9)13(17)15-12)14-8-4-1-2-5-8/h3,6-8,14H,1-2,4-5H2,(H,15,16,17). The van der Waals surface area contributed by atoms with Gasteiger partial charge in [-0.1, -0.05) is 18.9 Å². The maximum Gasteiger partial charge on any atom is 0.261 e. The minimum absolute atomic E-state index is 0.286. The van der Waals surface area contributed by atoms with Crippen LogP contribution in [0.5, 0.6) is 0 Å². The van der Waals surface area contributed by atoms with Crippen LogP contribution in [0.2, 0.25) is 0 Å². The Kier molecular flexibility index (Phi) is 2.35. The number of imide groups is 1. The summed E-state index contributed by atoms with van der Waals surface area (Å²) in [5.74, 6) is -0.578. The van der Waals surface area contributed by atoms with Crippen molar-refractivity contribution in [2.45, 2.75) is 31.7 Å². The number of carbonyl (C=O) groups is 2. The van der Waals surface area contributed by atoms with E-state index in [2.05, 4.69) is 10.6 Å². The van der Waals surface area contributed by atoms with E-state index in [1.165, 1.54) is 12.8 Å². The van der Waals surface area contributed by atoms with Crippen molar-refractivity contribution in [2.75, 3.05) is 5.32 Å². The number of rotatable bonds is 2. The van der Waals surface area contributed by atoms with Crippen LogP contribution in [0.3, 0.4) is 0 Å². The van der Waals surface area contributed by atoms with Gasteiger partial charge in [0.25, 0.3) is 11.8 Å². The Morgan fingerprint density at radius 2 is 1.88 bits per heavy atom. The lowest BCUT2D eigenvalue weighted by Crippen LogP contribution is -2.21. The Balaban J connectivity index is 1.95. The first-order chi connectivity index (χ1) is 8.25. The second-order valence-electron chi connectivity index (χ2n) is 4.64. The molecule has 88 valence electrons. The number of hydrogen-bond acceptors (Lipinski definition) is 3. The molecular formula is C13H14N2O2. The van der Waals surface area contributed by atoms with Gasteiger partial charge in [0.1, 0.15) is 0 Å². The molecule has 0 bridgehead atoms. The highest BCUT2D eigenvalue weighted by Crippen LogP contribution is 2.28. The van der Waals surface area contributed by atoms with Crippen molar-refractivity contribution >= 4 is 17.5 Å². The van der Waals surface area contributed by atoms with Crippen LogP contribution in [0.25, 0.3) is 0 Å². The SMILES string of the molecule is O=C1NC(=O)c2c(NC3CCCC3)cccc21. The van der Waals surface area contributed by atoms with E-state index in [0.29, 0.717) is 17.2 Å². The maximum atomic E-state index is 11.7. The molecule has 0 unspecified atom stereocenters. The van der Waals surface area contributed by atoms with Crippen molar-refractivity contribution in [2.24, 2.45) is 0 Å². The average Bonchev–Trinajstić information content (AvgIpc) is 2.90. The lowest BCUT2D eigenvalue weighted by atomic mass is 10.1. The highest BCUT2D eigenvalue weighted by molar-refractivity contribution is 6.23. The molecule has 17 heavy (non-hydrogen) atoms. The fourth-order valence-electron chi connectivity index (χ4n) is 2.63. The summed E-state index contributed by atoms with van der Waals surface area (Å²) in [6.45, 7) is 0. The summed E-state index contributed by atoms with van der Waals surface area (Å²) in [5.41, 5.74) is 1.78. The van der Waals surface area contributed by atoms with E-state index in [1.54, 1.807) is 6.07 Å². The van der Waals surface area contributed by atoms with Crippen LogP contribution < -0.4 is 10.6 Å². The summed E-state index contributed by atoms with van der Waals surface area (Å²) in [4.78, 5) is 23.2. The molecule has 0 saturated heterocycles. The summed E-state index contributed by atoms with van der Waals surface area (Å²) in [7, 11) is 0. The molecule has 0 atom stereocenters. The largest absolute Gasteiger partial charge is 0.382 e. The molecule has 0 radical (unpaired) electrons. The third-order valence-electron chi connectivity index (χ3n) is 3.48. The first-order valence-corrected chi connectivity index (χ1v) is 6.01. The van der Waals surface area contributed by atoms with Gasteiger partial charge in [-0.15, -0.1) is 0 Å². The summed E-state index contributed by atoms with van der Waals surface area (Å²) >= 11 is 0. The molecule has 0 spiro atoms. The van der Waals surface area contributed by atoms with Gasteiger partial charge >= 0.3 is 0 Å². The quantitative estimate of drug-likeness (QED) is 0.763. The Morgan fingerprint density at radius 3 is 2.65 bits per heavy atom. The van der Waals surface area contributed by atoms with Crippen LogP contribution in [0.1, 0.15) is 46.4 Å². The molecule has 3 rings (SSSR count). The number of carbonyl (C=O) groups excluding carboxylic acids is 2. The van der Waals surface area contributed by atoms with E-state index in [4.69, 9.17) is 0 Å². The first-order valence-electron chi connectivity index (χ1n) is 6.01. The number of nitrogens with one attached hydrogen (secondary N) is 2. The minimum atomic E-state index is -0.292. The van der Waals surface area contributed by atoms with Crippen molar-refractivity contribution in [1.29, 1.82) is 0 Å². The zero-order valence-electron chi connectivity index (χ0n) is 9.45. The summed E-state index contributed by atoms with van der Waals surface area (Å²) in [6.07, 6.45) is 4.74. The van der Waals surface area contributed by atoms with Crippen molar-refractivity contribution in [3.05, 3.63) is 29.3 Å². The van der Waals surface area contributed by atoms with E-state index in [9.17, 15) is 9.59 Å². The summed E-state index contributed by atoms with van der Waals surface area (Å²) in [6, 6.07) is 5.81. The van der Waals surface area contributed by atoms with Gasteiger partial charge in [0, 0.05) is 11.7 Å². The van der Waals surface area contributed by atoms with Gasteiger partial charge in [-0.2, -0.15) is 0 Å². The number of fused-ring (bicyclic) bond motifs is 1. The third kappa shape index (κ3) is 1.69. The molecule has 1 aromatic rings. The lowest BCUT2D eigenvalue weighted by Gasteiger charge is -2.15. The summed E-state index contributed by atoms with van der Waals surface area (Å²) < 4.78 is 0. The van der Waals surface area contributed by atoms with Gasteiger partial charge in [-0.3, -0.25) is 14.9 Å². The zero-order chi connectivity index (χ0) is 11.8. The Labute approximate surface area is 99.4 Å². The molecule has 1 aliphatic heterocycles. The van der Waals surface area contributed by atoms with Crippen molar-refractivity contribution in [3.8, 4) is 0 Å². The molecule has 1 aromatic carbocycles. The monoisotopic (exact) mass is 230 g/mol. The lowest BCUT2D eigenvalue weighted by molar-refractivity contribution is 0.0880. The maximum absolute atomic E-state index is 11.7. The second kappa shape index (κ2) is 3.87. The molecule has 4 heteroatoms. The van der Waals surface area contributed by atoms with Crippen molar-refractivity contribution in [3.63, 3.8) is 0 Å². The Hall–Kier alpha value is -1.84. The molecule has 1 fully saturated rings. The smallest absolute Gasteiger partial charge is 0.261 e. The van der Waals surface area contributed by atoms with Gasteiger partial charge in [0.2, 0.25) is 0 Å². The predicted molar refractivity (Wildman–Crippen MR) is 64.1 cm³/mol. The Morgan fingerprint density at radius 1 is 1.12 bits per heavy atom. The van der Waals surface area contributed by atoms with E-state index >= 15 is 0 Å². The molecule has 2 aliphatic rings. The highest BCUT2D eigenvalue weighted by atomic mass is 16.2. The van der Waals surface area contributed by atoms with Gasteiger partial charge in [-0.25, -0.2) is 0 Å². The number of anilines is 1. The van der Waals surface area contributed by atoms with Crippen molar-refractivity contribution < 1.29 is 9.59 Å². The third-order valence-corrected chi connectivity index (χ3v) is 3.48. The normalized spacial score (nSPS) is 19.3. The van der Waals surface area contributed by atoms with E-state index in [-0.39, 0.29) is 11.8 Å². The molecular weight excluding hydrogens is 216 g/mol. The molecule has 0 aromatic heterocycles. The molecule has 2 N–H and O–H groups in total. The van der Waals surface area contributed by atoms with Crippen LogP contribution in [0.4, 0.5) is 5.69 Å². The predicted octanol–water partition coefficient (Wildman–Crippen LogP) is 1.92. The van der Waals surface area contributed by atoms with Gasteiger partial charge in [-0.05, 0) is 25.0 Å². The molecule has 4 nitrogen and oxygen atoms in total. The Bertz CT molecular complexity index is 490. The second-order valence-corrected chi connectivity index (χ2v) is 4.64. The fraction of sp³-hybridized carbons (Fsp3) is 0.385. The zero-order valence-corrected chi connectivity index (χ0v) is 9.45. The van der Waals surface area contributed by atoms with Crippen LogP contribution in [0, 0.1) is 0 Å². The number of amides is 2. The topological polar surface area (TPSA) is 58.2 Å². The number of benzene rings is 1. The highest BCUT2D eigenvalue weighted by Gasteiger charge is 2.30. The molecule has 1 aliphatic carbocycles. The van der Waals surface area contributed by atoms with Crippen LogP contribution in [-0.4, -0.2) is 17.9 Å². The van der Waals surface area contributed by atoms with Gasteiger partial charge in [0.05, 0.1) is 11.1 Å². The molecule has 1 saturated carbocycles.